The van der Waals surface area contributed by atoms with E-state index in [1.165, 1.54) is 12.1 Å². The molecule has 0 atom stereocenters. The van der Waals surface area contributed by atoms with Gasteiger partial charge >= 0.3 is 0 Å². The molecular formula is C13H14N2O3. The summed E-state index contributed by atoms with van der Waals surface area (Å²) in [6, 6.07) is 4.58. The van der Waals surface area contributed by atoms with Gasteiger partial charge in [0.05, 0.1) is 5.69 Å². The molecule has 1 aromatic carbocycles. The normalized spacial score (nSPS) is 10.4. The van der Waals surface area contributed by atoms with Crippen molar-refractivity contribution in [3.63, 3.8) is 0 Å². The molecular weight excluding hydrogens is 232 g/mol. The van der Waals surface area contributed by atoms with Crippen LogP contribution in [0.3, 0.4) is 0 Å². The second-order valence-corrected chi connectivity index (χ2v) is 4.18. The van der Waals surface area contributed by atoms with E-state index in [4.69, 9.17) is 4.52 Å². The Bertz CT molecular complexity index is 602. The summed E-state index contributed by atoms with van der Waals surface area (Å²) in [7, 11) is 0. The number of phenols is 1. The van der Waals surface area contributed by atoms with Crippen LogP contribution in [0.15, 0.2) is 22.7 Å². The molecule has 0 bridgehead atoms. The minimum Gasteiger partial charge on any atom is -0.508 e. The molecule has 0 radical (unpaired) electrons. The van der Waals surface area contributed by atoms with Gasteiger partial charge in [0.25, 0.3) is 5.91 Å². The Morgan fingerprint density at radius 1 is 1.33 bits per heavy atom. The molecule has 2 N–H and O–H groups in total. The molecule has 0 unspecified atom stereocenters. The van der Waals surface area contributed by atoms with Gasteiger partial charge in [-0.1, -0.05) is 5.16 Å². The van der Waals surface area contributed by atoms with Gasteiger partial charge in [-0.05, 0) is 44.5 Å². The van der Waals surface area contributed by atoms with E-state index in [9.17, 15) is 9.90 Å². The first kappa shape index (κ1) is 12.2. The van der Waals surface area contributed by atoms with Crippen LogP contribution >= 0.6 is 0 Å². The van der Waals surface area contributed by atoms with Crippen molar-refractivity contribution in [2.75, 3.05) is 5.32 Å². The fourth-order valence-electron chi connectivity index (χ4n) is 1.60. The van der Waals surface area contributed by atoms with Crippen LogP contribution in [0, 0.1) is 20.8 Å². The third kappa shape index (κ3) is 2.20. The molecule has 1 amide bonds. The summed E-state index contributed by atoms with van der Waals surface area (Å²) in [6.45, 7) is 5.39. The number of nitrogens with one attached hydrogen (secondary N) is 1. The van der Waals surface area contributed by atoms with E-state index in [1.807, 2.05) is 6.92 Å². The maximum atomic E-state index is 12.0. The highest BCUT2D eigenvalue weighted by Crippen LogP contribution is 2.20. The fourth-order valence-corrected chi connectivity index (χ4v) is 1.60. The molecule has 0 aliphatic heterocycles. The van der Waals surface area contributed by atoms with E-state index in [2.05, 4.69) is 10.5 Å². The lowest BCUT2D eigenvalue weighted by atomic mass is 10.1. The van der Waals surface area contributed by atoms with Gasteiger partial charge in [0, 0.05) is 11.1 Å². The van der Waals surface area contributed by atoms with Crippen molar-refractivity contribution >= 4 is 11.8 Å². The number of hydrogen-bond acceptors (Lipinski definition) is 4. The first-order valence-electron chi connectivity index (χ1n) is 5.53. The molecule has 1 aromatic heterocycles. The van der Waals surface area contributed by atoms with Gasteiger partial charge in [0.1, 0.15) is 5.75 Å². The first-order chi connectivity index (χ1) is 8.49. The zero-order chi connectivity index (χ0) is 13.3. The third-order valence-electron chi connectivity index (χ3n) is 2.84. The Morgan fingerprint density at radius 3 is 2.61 bits per heavy atom. The minimum atomic E-state index is -0.285. The van der Waals surface area contributed by atoms with Gasteiger partial charge in [0.2, 0.25) is 5.88 Å². The summed E-state index contributed by atoms with van der Waals surface area (Å²) in [4.78, 5) is 12.0. The topological polar surface area (TPSA) is 75.4 Å². The molecule has 0 spiro atoms. The average Bonchev–Trinajstić information content (AvgIpc) is 2.61. The summed E-state index contributed by atoms with van der Waals surface area (Å²) in [5.74, 6) is 0.201. The lowest BCUT2D eigenvalue weighted by molar-refractivity contribution is 0.102. The SMILES string of the molecule is Cc1cc(O)ccc1C(=O)Nc1onc(C)c1C. The molecule has 0 fully saturated rings. The van der Waals surface area contributed by atoms with Gasteiger partial charge in [-0.15, -0.1) is 0 Å². The van der Waals surface area contributed by atoms with Crippen LogP contribution in [-0.4, -0.2) is 16.2 Å². The molecule has 1 heterocycles. The molecule has 18 heavy (non-hydrogen) atoms. The molecule has 2 rings (SSSR count). The monoisotopic (exact) mass is 246 g/mol. The van der Waals surface area contributed by atoms with Crippen LogP contribution in [0.1, 0.15) is 27.2 Å². The van der Waals surface area contributed by atoms with Crippen molar-refractivity contribution in [2.45, 2.75) is 20.8 Å². The Hall–Kier alpha value is -2.30. The van der Waals surface area contributed by atoms with Crippen LogP contribution in [0.25, 0.3) is 0 Å². The number of nitrogens with zero attached hydrogens (tertiary/aromatic N) is 1. The molecule has 0 aliphatic rings. The summed E-state index contributed by atoms with van der Waals surface area (Å²) in [5.41, 5.74) is 2.73. The average molecular weight is 246 g/mol. The van der Waals surface area contributed by atoms with Crippen molar-refractivity contribution in [3.8, 4) is 5.75 Å². The van der Waals surface area contributed by atoms with E-state index >= 15 is 0 Å². The molecule has 2 aromatic rings. The number of aryl methyl sites for hydroxylation is 2. The van der Waals surface area contributed by atoms with Crippen LogP contribution < -0.4 is 5.32 Å². The van der Waals surface area contributed by atoms with E-state index in [1.54, 1.807) is 19.9 Å². The van der Waals surface area contributed by atoms with Gasteiger partial charge < -0.3 is 9.63 Å². The number of aromatic hydroxyl groups is 1. The molecule has 0 aliphatic carbocycles. The zero-order valence-corrected chi connectivity index (χ0v) is 10.4. The number of phenolic OH excluding ortho intramolecular Hbond substituents is 1. The Kier molecular flexibility index (Phi) is 3.06. The van der Waals surface area contributed by atoms with Crippen LogP contribution in [0.5, 0.6) is 5.75 Å². The highest BCUT2D eigenvalue weighted by molar-refractivity contribution is 6.05. The molecule has 94 valence electrons. The highest BCUT2D eigenvalue weighted by Gasteiger charge is 2.14. The van der Waals surface area contributed by atoms with Crippen molar-refractivity contribution < 1.29 is 14.4 Å². The number of carbonyl (C=O) groups excluding carboxylic acids is 1. The fraction of sp³-hybridized carbons (Fsp3) is 0.231. The standard InChI is InChI=1S/C13H14N2O3/c1-7-6-10(16)4-5-11(7)12(17)14-13-8(2)9(3)15-18-13/h4-6,16H,1-3H3,(H,14,17). The number of benzene rings is 1. The highest BCUT2D eigenvalue weighted by atomic mass is 16.5. The van der Waals surface area contributed by atoms with Crippen LogP contribution in [0.4, 0.5) is 5.88 Å². The largest absolute Gasteiger partial charge is 0.508 e. The molecule has 0 saturated heterocycles. The Labute approximate surface area is 104 Å². The van der Waals surface area contributed by atoms with Crippen molar-refractivity contribution in [2.24, 2.45) is 0 Å². The Balaban J connectivity index is 2.25. The van der Waals surface area contributed by atoms with E-state index < -0.39 is 0 Å². The number of amides is 1. The summed E-state index contributed by atoms with van der Waals surface area (Å²) >= 11 is 0. The number of carbonyl (C=O) groups is 1. The van der Waals surface area contributed by atoms with E-state index in [0.29, 0.717) is 17.0 Å². The predicted octanol–water partition coefficient (Wildman–Crippen LogP) is 2.56. The van der Waals surface area contributed by atoms with E-state index in [0.717, 1.165) is 11.3 Å². The molecule has 5 heteroatoms. The van der Waals surface area contributed by atoms with Crippen LogP contribution in [0.2, 0.25) is 0 Å². The van der Waals surface area contributed by atoms with Crippen molar-refractivity contribution in [1.82, 2.24) is 5.16 Å². The predicted molar refractivity (Wildman–Crippen MR) is 66.8 cm³/mol. The van der Waals surface area contributed by atoms with Crippen molar-refractivity contribution in [1.29, 1.82) is 0 Å². The maximum absolute atomic E-state index is 12.0. The smallest absolute Gasteiger partial charge is 0.258 e. The van der Waals surface area contributed by atoms with Gasteiger partial charge in [-0.3, -0.25) is 10.1 Å². The molecule has 0 saturated carbocycles. The lowest BCUT2D eigenvalue weighted by Gasteiger charge is -2.06. The zero-order valence-electron chi connectivity index (χ0n) is 10.4. The third-order valence-corrected chi connectivity index (χ3v) is 2.84. The maximum Gasteiger partial charge on any atom is 0.258 e. The van der Waals surface area contributed by atoms with Crippen molar-refractivity contribution in [3.05, 3.63) is 40.6 Å². The van der Waals surface area contributed by atoms with Gasteiger partial charge in [0.15, 0.2) is 0 Å². The number of hydrogen-bond donors (Lipinski definition) is 2. The Morgan fingerprint density at radius 2 is 2.06 bits per heavy atom. The number of rotatable bonds is 2. The number of anilines is 1. The summed E-state index contributed by atoms with van der Waals surface area (Å²) in [5, 5.41) is 15.7. The summed E-state index contributed by atoms with van der Waals surface area (Å²) < 4.78 is 5.02. The van der Waals surface area contributed by atoms with Gasteiger partial charge in [-0.2, -0.15) is 0 Å². The summed E-state index contributed by atoms with van der Waals surface area (Å²) in [6.07, 6.45) is 0. The second kappa shape index (κ2) is 4.52. The lowest BCUT2D eigenvalue weighted by Crippen LogP contribution is -2.13. The minimum absolute atomic E-state index is 0.135. The second-order valence-electron chi connectivity index (χ2n) is 4.18. The quantitative estimate of drug-likeness (QED) is 0.853. The van der Waals surface area contributed by atoms with Gasteiger partial charge in [-0.25, -0.2) is 0 Å². The first-order valence-corrected chi connectivity index (χ1v) is 5.53. The molecule has 5 nitrogen and oxygen atoms in total. The van der Waals surface area contributed by atoms with Crippen LogP contribution in [-0.2, 0) is 0 Å². The number of aromatic nitrogens is 1. The van der Waals surface area contributed by atoms with E-state index in [-0.39, 0.29) is 11.7 Å².